The van der Waals surface area contributed by atoms with Crippen LogP contribution in [0.5, 0.6) is 11.5 Å². The van der Waals surface area contributed by atoms with Gasteiger partial charge in [0, 0.05) is 37.3 Å². The lowest BCUT2D eigenvalue weighted by molar-refractivity contribution is 0.0754. The molecule has 3 heterocycles. The van der Waals surface area contributed by atoms with Crippen LogP contribution in [0.3, 0.4) is 0 Å². The predicted octanol–water partition coefficient (Wildman–Crippen LogP) is 4.04. The molecule has 0 bridgehead atoms. The number of carbonyl (C=O) groups is 1. The van der Waals surface area contributed by atoms with Gasteiger partial charge in [0.15, 0.2) is 0 Å². The quantitative estimate of drug-likeness (QED) is 0.866. The number of benzene rings is 1. The summed E-state index contributed by atoms with van der Waals surface area (Å²) >= 11 is 0. The largest absolute Gasteiger partial charge is 0.497 e. The van der Waals surface area contributed by atoms with E-state index in [1.165, 1.54) is 0 Å². The summed E-state index contributed by atoms with van der Waals surface area (Å²) in [5.74, 6) is 2.24. The van der Waals surface area contributed by atoms with Gasteiger partial charge in [-0.15, -0.1) is 0 Å². The molecule has 0 aliphatic carbocycles. The first-order valence-electron chi connectivity index (χ1n) is 9.85. The molecule has 0 spiro atoms. The van der Waals surface area contributed by atoms with Crippen LogP contribution in [0.25, 0.3) is 0 Å². The number of methoxy groups -OCH3 is 1. The van der Waals surface area contributed by atoms with Gasteiger partial charge in [0.05, 0.1) is 18.7 Å². The van der Waals surface area contributed by atoms with E-state index in [0.717, 1.165) is 49.4 Å². The molecule has 6 nitrogen and oxygen atoms in total. The van der Waals surface area contributed by atoms with Crippen molar-refractivity contribution in [1.29, 1.82) is 0 Å². The summed E-state index contributed by atoms with van der Waals surface area (Å²) in [5.41, 5.74) is 1.33. The number of rotatable bonds is 4. The molecule has 2 aliphatic heterocycles. The van der Waals surface area contributed by atoms with Crippen LogP contribution >= 0.6 is 0 Å². The molecular weight excluding hydrogens is 354 g/mol. The Morgan fingerprint density at radius 3 is 2.82 bits per heavy atom. The van der Waals surface area contributed by atoms with Crippen LogP contribution in [0, 0.1) is 0 Å². The first-order chi connectivity index (χ1) is 13.5. The van der Waals surface area contributed by atoms with Crippen LogP contribution in [-0.4, -0.2) is 41.6 Å². The van der Waals surface area contributed by atoms with E-state index in [9.17, 15) is 4.79 Å². The Morgan fingerprint density at radius 1 is 1.29 bits per heavy atom. The van der Waals surface area contributed by atoms with Crippen LogP contribution in [0.15, 0.2) is 36.5 Å². The molecule has 2 aromatic rings. The number of likely N-dealkylation sites (tertiary alicyclic amines) is 1. The van der Waals surface area contributed by atoms with E-state index >= 15 is 0 Å². The van der Waals surface area contributed by atoms with Gasteiger partial charge in [0.1, 0.15) is 22.9 Å². The average Bonchev–Trinajstić information content (AvgIpc) is 3.21. The zero-order valence-corrected chi connectivity index (χ0v) is 16.7. The first-order valence-corrected chi connectivity index (χ1v) is 9.85. The number of ether oxygens (including phenoxy) is 2. The average molecular weight is 381 g/mol. The number of nitrogens with zero attached hydrogens (tertiary/aromatic N) is 2. The lowest BCUT2D eigenvalue weighted by Crippen LogP contribution is -2.37. The predicted molar refractivity (Wildman–Crippen MR) is 108 cm³/mol. The summed E-state index contributed by atoms with van der Waals surface area (Å²) in [5, 5.41) is 3.52. The summed E-state index contributed by atoms with van der Waals surface area (Å²) in [6, 6.07) is 9.54. The SMILES string of the molecule is COc1ccc2c(c1)OC(C)(C)CC2Nc1ncccc1C(=O)N1CCCC1. The lowest BCUT2D eigenvalue weighted by atomic mass is 9.89. The lowest BCUT2D eigenvalue weighted by Gasteiger charge is -2.38. The Morgan fingerprint density at radius 2 is 2.07 bits per heavy atom. The highest BCUT2D eigenvalue weighted by Crippen LogP contribution is 2.42. The Hall–Kier alpha value is -2.76. The molecular formula is C22H27N3O3. The molecule has 28 heavy (non-hydrogen) atoms. The molecule has 148 valence electrons. The molecule has 1 aromatic carbocycles. The van der Waals surface area contributed by atoms with Gasteiger partial charge < -0.3 is 19.7 Å². The van der Waals surface area contributed by atoms with Gasteiger partial charge in [0.2, 0.25) is 0 Å². The standard InChI is InChI=1S/C22H27N3O3/c1-22(2)14-18(16-9-8-15(27-3)13-19(16)28-22)24-20-17(7-6-10-23-20)21(26)25-11-4-5-12-25/h6-10,13,18H,4-5,11-12,14H2,1-3H3,(H,23,24). The van der Waals surface area contributed by atoms with E-state index in [1.807, 2.05) is 35.2 Å². The van der Waals surface area contributed by atoms with Gasteiger partial charge in [-0.1, -0.05) is 0 Å². The van der Waals surface area contributed by atoms with Crippen molar-refractivity contribution in [3.63, 3.8) is 0 Å². The Kier molecular flexibility index (Phi) is 4.87. The fourth-order valence-electron chi connectivity index (χ4n) is 4.04. The zero-order valence-electron chi connectivity index (χ0n) is 16.7. The molecule has 1 aromatic heterocycles. The van der Waals surface area contributed by atoms with Crippen LogP contribution < -0.4 is 14.8 Å². The molecule has 1 N–H and O–H groups in total. The molecule has 1 amide bonds. The monoisotopic (exact) mass is 381 g/mol. The van der Waals surface area contributed by atoms with Crippen molar-refractivity contribution in [2.45, 2.75) is 44.8 Å². The number of aromatic nitrogens is 1. The van der Waals surface area contributed by atoms with Crippen LogP contribution in [0.4, 0.5) is 5.82 Å². The van der Waals surface area contributed by atoms with E-state index in [1.54, 1.807) is 13.3 Å². The Bertz CT molecular complexity index is 875. The summed E-state index contributed by atoms with van der Waals surface area (Å²) < 4.78 is 11.5. The number of pyridine rings is 1. The maximum atomic E-state index is 13.0. The van der Waals surface area contributed by atoms with Crippen molar-refractivity contribution in [2.24, 2.45) is 0 Å². The van der Waals surface area contributed by atoms with Gasteiger partial charge in [-0.3, -0.25) is 4.79 Å². The minimum absolute atomic E-state index is 0.00955. The molecule has 2 aliphatic rings. The maximum absolute atomic E-state index is 13.0. The number of fused-ring (bicyclic) bond motifs is 1. The van der Waals surface area contributed by atoms with Crippen LogP contribution in [0.1, 0.15) is 55.1 Å². The van der Waals surface area contributed by atoms with Crippen molar-refractivity contribution >= 4 is 11.7 Å². The summed E-state index contributed by atoms with van der Waals surface area (Å²) in [6.45, 7) is 5.78. The van der Waals surface area contributed by atoms with Gasteiger partial charge in [-0.25, -0.2) is 4.98 Å². The fourth-order valence-corrected chi connectivity index (χ4v) is 4.04. The molecule has 6 heteroatoms. The number of carbonyl (C=O) groups excluding carboxylic acids is 1. The summed E-state index contributed by atoms with van der Waals surface area (Å²) in [4.78, 5) is 19.4. The highest BCUT2D eigenvalue weighted by molar-refractivity contribution is 5.98. The third-order valence-electron chi connectivity index (χ3n) is 5.42. The van der Waals surface area contributed by atoms with Crippen molar-refractivity contribution in [3.05, 3.63) is 47.7 Å². The fraction of sp³-hybridized carbons (Fsp3) is 0.455. The molecule has 1 atom stereocenters. The van der Waals surface area contributed by atoms with Crippen molar-refractivity contribution < 1.29 is 14.3 Å². The minimum Gasteiger partial charge on any atom is -0.497 e. The first kappa shape index (κ1) is 18.6. The van der Waals surface area contributed by atoms with Crippen molar-refractivity contribution in [2.75, 3.05) is 25.5 Å². The second-order valence-electron chi connectivity index (χ2n) is 8.07. The smallest absolute Gasteiger partial charge is 0.257 e. The topological polar surface area (TPSA) is 63.7 Å². The number of hydrogen-bond donors (Lipinski definition) is 1. The third-order valence-corrected chi connectivity index (χ3v) is 5.42. The second kappa shape index (κ2) is 7.34. The highest BCUT2D eigenvalue weighted by atomic mass is 16.5. The summed E-state index contributed by atoms with van der Waals surface area (Å²) in [6.07, 6.45) is 4.62. The molecule has 1 saturated heterocycles. The normalized spacial score (nSPS) is 20.2. The number of anilines is 1. The van der Waals surface area contributed by atoms with Gasteiger partial charge in [-0.05, 0) is 51.0 Å². The molecule has 0 radical (unpaired) electrons. The second-order valence-corrected chi connectivity index (χ2v) is 8.07. The van der Waals surface area contributed by atoms with Gasteiger partial charge in [-0.2, -0.15) is 0 Å². The van der Waals surface area contributed by atoms with E-state index < -0.39 is 0 Å². The molecule has 1 fully saturated rings. The zero-order chi connectivity index (χ0) is 19.7. The van der Waals surface area contributed by atoms with E-state index in [0.29, 0.717) is 11.4 Å². The van der Waals surface area contributed by atoms with E-state index in [2.05, 4.69) is 24.1 Å². The summed E-state index contributed by atoms with van der Waals surface area (Å²) in [7, 11) is 1.65. The number of amides is 1. The van der Waals surface area contributed by atoms with Crippen molar-refractivity contribution in [1.82, 2.24) is 9.88 Å². The Balaban J connectivity index is 1.65. The van der Waals surface area contributed by atoms with Gasteiger partial charge in [0.25, 0.3) is 5.91 Å². The minimum atomic E-state index is -0.342. The van der Waals surface area contributed by atoms with E-state index in [4.69, 9.17) is 9.47 Å². The van der Waals surface area contributed by atoms with Crippen LogP contribution in [-0.2, 0) is 0 Å². The van der Waals surface area contributed by atoms with E-state index in [-0.39, 0.29) is 17.6 Å². The highest BCUT2D eigenvalue weighted by Gasteiger charge is 2.35. The number of nitrogens with one attached hydrogen (secondary N) is 1. The molecule has 0 saturated carbocycles. The maximum Gasteiger partial charge on any atom is 0.257 e. The van der Waals surface area contributed by atoms with Crippen molar-refractivity contribution in [3.8, 4) is 11.5 Å². The molecule has 1 unspecified atom stereocenters. The molecule has 4 rings (SSSR count). The van der Waals surface area contributed by atoms with Crippen LogP contribution in [0.2, 0.25) is 0 Å². The Labute approximate surface area is 165 Å². The third kappa shape index (κ3) is 3.63. The van der Waals surface area contributed by atoms with Gasteiger partial charge >= 0.3 is 0 Å². The number of hydrogen-bond acceptors (Lipinski definition) is 5.